The number of ether oxygens (including phenoxy) is 1. The zero-order chi connectivity index (χ0) is 8.39. The maximum Gasteiger partial charge on any atom is 0.124 e. The van der Waals surface area contributed by atoms with Crippen molar-refractivity contribution in [2.75, 3.05) is 6.61 Å². The van der Waals surface area contributed by atoms with Crippen LogP contribution in [0, 0.1) is 0 Å². The van der Waals surface area contributed by atoms with Gasteiger partial charge >= 0.3 is 0 Å². The molecular weight excluding hydrogens is 174 g/mol. The van der Waals surface area contributed by atoms with Crippen molar-refractivity contribution in [2.24, 2.45) is 0 Å². The fourth-order valence-corrected chi connectivity index (χ4v) is 1.68. The Morgan fingerprint density at radius 3 is 3.08 bits per heavy atom. The zero-order valence-corrected chi connectivity index (χ0v) is 7.34. The predicted molar refractivity (Wildman–Crippen MR) is 48.3 cm³/mol. The summed E-state index contributed by atoms with van der Waals surface area (Å²) in [5.74, 6) is 0.946. The van der Waals surface area contributed by atoms with Crippen LogP contribution in [0.25, 0.3) is 0 Å². The maximum atomic E-state index is 5.60. The molecule has 0 spiro atoms. The molecule has 1 N–H and O–H groups in total. The number of rotatable bonds is 1. The number of hydrogen-bond acceptors (Lipinski definition) is 2. The average Bonchev–Trinajstić information content (AvgIpc) is 2.17. The van der Waals surface area contributed by atoms with Gasteiger partial charge in [0, 0.05) is 12.0 Å². The standard InChI is InChI=1S/C9H10ClNO/c10-11-8-5-6-12-9-4-2-1-3-7(8)9/h1-4,8,11H,5-6H2/t8-/m0/s1. The summed E-state index contributed by atoms with van der Waals surface area (Å²) in [6, 6.07) is 8.20. The highest BCUT2D eigenvalue weighted by Gasteiger charge is 2.19. The molecule has 0 unspecified atom stereocenters. The fourth-order valence-electron chi connectivity index (χ4n) is 1.46. The molecule has 1 atom stereocenters. The van der Waals surface area contributed by atoms with Gasteiger partial charge < -0.3 is 4.74 Å². The number of nitrogens with one attached hydrogen (secondary N) is 1. The highest BCUT2D eigenvalue weighted by atomic mass is 35.5. The Balaban J connectivity index is 2.37. The Morgan fingerprint density at radius 1 is 1.42 bits per heavy atom. The van der Waals surface area contributed by atoms with Gasteiger partial charge in [0.05, 0.1) is 12.6 Å². The van der Waals surface area contributed by atoms with E-state index in [-0.39, 0.29) is 6.04 Å². The second-order valence-corrected chi connectivity index (χ2v) is 3.05. The summed E-state index contributed by atoms with van der Waals surface area (Å²) >= 11 is 5.60. The van der Waals surface area contributed by atoms with Crippen molar-refractivity contribution in [3.8, 4) is 5.75 Å². The first kappa shape index (κ1) is 7.90. The first-order valence-corrected chi connectivity index (χ1v) is 4.37. The topological polar surface area (TPSA) is 21.3 Å². The van der Waals surface area contributed by atoms with Gasteiger partial charge in [-0.05, 0) is 17.8 Å². The van der Waals surface area contributed by atoms with Gasteiger partial charge in [-0.15, -0.1) is 0 Å². The van der Waals surface area contributed by atoms with Crippen LogP contribution in [-0.2, 0) is 0 Å². The molecule has 0 radical (unpaired) electrons. The summed E-state index contributed by atoms with van der Waals surface area (Å²) in [7, 11) is 0. The molecule has 1 heterocycles. The average molecular weight is 184 g/mol. The van der Waals surface area contributed by atoms with E-state index >= 15 is 0 Å². The quantitative estimate of drug-likeness (QED) is 0.675. The summed E-state index contributed by atoms with van der Waals surface area (Å²) < 4.78 is 5.46. The third-order valence-electron chi connectivity index (χ3n) is 2.09. The van der Waals surface area contributed by atoms with Crippen molar-refractivity contribution in [3.63, 3.8) is 0 Å². The van der Waals surface area contributed by atoms with Crippen LogP contribution in [0.1, 0.15) is 18.0 Å². The molecule has 0 aliphatic carbocycles. The first-order valence-electron chi connectivity index (χ1n) is 3.99. The fraction of sp³-hybridized carbons (Fsp3) is 0.333. The lowest BCUT2D eigenvalue weighted by molar-refractivity contribution is 0.264. The minimum absolute atomic E-state index is 0.233. The monoisotopic (exact) mass is 183 g/mol. The highest BCUT2D eigenvalue weighted by Crippen LogP contribution is 2.31. The number of para-hydroxylation sites is 1. The summed E-state index contributed by atoms with van der Waals surface area (Å²) in [6.07, 6.45) is 0.931. The molecule has 0 bridgehead atoms. The molecule has 1 aliphatic rings. The Morgan fingerprint density at radius 2 is 2.25 bits per heavy atom. The molecule has 2 nitrogen and oxygen atoms in total. The first-order chi connectivity index (χ1) is 5.92. The van der Waals surface area contributed by atoms with Crippen LogP contribution in [0.2, 0.25) is 0 Å². The lowest BCUT2D eigenvalue weighted by Gasteiger charge is -2.24. The van der Waals surface area contributed by atoms with Crippen molar-refractivity contribution in [1.82, 2.24) is 4.84 Å². The van der Waals surface area contributed by atoms with E-state index < -0.39 is 0 Å². The van der Waals surface area contributed by atoms with E-state index in [0.29, 0.717) is 0 Å². The van der Waals surface area contributed by atoms with Crippen molar-refractivity contribution in [2.45, 2.75) is 12.5 Å². The molecule has 2 rings (SSSR count). The molecule has 0 saturated carbocycles. The predicted octanol–water partition coefficient (Wildman–Crippen LogP) is 2.25. The van der Waals surface area contributed by atoms with Crippen molar-refractivity contribution >= 4 is 11.8 Å². The van der Waals surface area contributed by atoms with Crippen molar-refractivity contribution < 1.29 is 4.74 Å². The van der Waals surface area contributed by atoms with E-state index in [2.05, 4.69) is 4.84 Å². The Labute approximate surface area is 76.6 Å². The number of halogens is 1. The second-order valence-electron chi connectivity index (χ2n) is 2.84. The molecule has 0 aromatic heterocycles. The van der Waals surface area contributed by atoms with Gasteiger partial charge in [0.25, 0.3) is 0 Å². The van der Waals surface area contributed by atoms with Crippen LogP contribution in [0.5, 0.6) is 5.75 Å². The number of fused-ring (bicyclic) bond motifs is 1. The largest absolute Gasteiger partial charge is 0.493 e. The van der Waals surface area contributed by atoms with Gasteiger partial charge in [0.1, 0.15) is 5.75 Å². The molecule has 0 fully saturated rings. The van der Waals surface area contributed by atoms with Gasteiger partial charge in [0.2, 0.25) is 0 Å². The molecule has 1 aromatic rings. The highest BCUT2D eigenvalue weighted by molar-refractivity contribution is 6.13. The minimum Gasteiger partial charge on any atom is -0.493 e. The molecule has 1 aliphatic heterocycles. The number of hydrogen-bond donors (Lipinski definition) is 1. The third-order valence-corrected chi connectivity index (χ3v) is 2.35. The van der Waals surface area contributed by atoms with Crippen molar-refractivity contribution in [3.05, 3.63) is 29.8 Å². The normalized spacial score (nSPS) is 21.2. The summed E-state index contributed by atoms with van der Waals surface area (Å²) in [5.41, 5.74) is 1.15. The van der Waals surface area contributed by atoms with Crippen LogP contribution < -0.4 is 9.57 Å². The van der Waals surface area contributed by atoms with Crippen molar-refractivity contribution in [1.29, 1.82) is 0 Å². The van der Waals surface area contributed by atoms with E-state index in [0.717, 1.165) is 24.3 Å². The summed E-state index contributed by atoms with van der Waals surface area (Å²) in [6.45, 7) is 0.738. The Kier molecular flexibility index (Phi) is 2.19. The molecule has 1 aromatic carbocycles. The maximum absolute atomic E-state index is 5.60. The third kappa shape index (κ3) is 1.28. The van der Waals surface area contributed by atoms with E-state index in [1.165, 1.54) is 0 Å². The van der Waals surface area contributed by atoms with Gasteiger partial charge in [-0.1, -0.05) is 18.2 Å². The molecule has 3 heteroatoms. The lowest BCUT2D eigenvalue weighted by atomic mass is 10.0. The van der Waals surface area contributed by atoms with Crippen LogP contribution in [0.15, 0.2) is 24.3 Å². The second kappa shape index (κ2) is 3.33. The van der Waals surface area contributed by atoms with Crippen LogP contribution in [0.3, 0.4) is 0 Å². The molecule has 0 saturated heterocycles. The molecule has 64 valence electrons. The van der Waals surface area contributed by atoms with E-state index in [1.807, 2.05) is 24.3 Å². The van der Waals surface area contributed by atoms with Crippen LogP contribution >= 0.6 is 11.8 Å². The smallest absolute Gasteiger partial charge is 0.124 e. The van der Waals surface area contributed by atoms with Crippen LogP contribution in [-0.4, -0.2) is 6.61 Å². The SMILES string of the molecule is ClN[C@H]1CCOc2ccccc21. The van der Waals surface area contributed by atoms with Gasteiger partial charge in [-0.2, -0.15) is 0 Å². The van der Waals surface area contributed by atoms with E-state index in [4.69, 9.17) is 16.5 Å². The lowest BCUT2D eigenvalue weighted by Crippen LogP contribution is -2.20. The van der Waals surface area contributed by atoms with Gasteiger partial charge in [-0.25, -0.2) is 4.84 Å². The Bertz CT molecular complexity index is 277. The molecule has 0 amide bonds. The van der Waals surface area contributed by atoms with Gasteiger partial charge in [0.15, 0.2) is 0 Å². The summed E-state index contributed by atoms with van der Waals surface area (Å²) in [4.78, 5) is 2.75. The summed E-state index contributed by atoms with van der Waals surface area (Å²) in [5, 5.41) is 0. The molecule has 12 heavy (non-hydrogen) atoms. The molecular formula is C9H10ClNO. The van der Waals surface area contributed by atoms with E-state index in [1.54, 1.807) is 0 Å². The minimum atomic E-state index is 0.233. The zero-order valence-electron chi connectivity index (χ0n) is 6.59. The van der Waals surface area contributed by atoms with E-state index in [9.17, 15) is 0 Å². The number of benzene rings is 1. The van der Waals surface area contributed by atoms with Crippen LogP contribution in [0.4, 0.5) is 0 Å². The Hall–Kier alpha value is -0.730. The van der Waals surface area contributed by atoms with Gasteiger partial charge in [-0.3, -0.25) is 0 Å².